The summed E-state index contributed by atoms with van der Waals surface area (Å²) in [5, 5.41) is 0. The molecule has 122 valence electrons. The quantitative estimate of drug-likeness (QED) is 0.844. The topological polar surface area (TPSA) is 72.5 Å². The van der Waals surface area contributed by atoms with Crippen LogP contribution in [0.2, 0.25) is 0 Å². The molecule has 0 radical (unpaired) electrons. The first-order valence-corrected chi connectivity index (χ1v) is 8.70. The zero-order valence-corrected chi connectivity index (χ0v) is 14.5. The first kappa shape index (κ1) is 17.1. The average molecular weight is 325 g/mol. The van der Waals surface area contributed by atoms with Gasteiger partial charge in [-0.3, -0.25) is 4.79 Å². The molecule has 2 atom stereocenters. The molecule has 1 N–H and O–H groups in total. The molecule has 0 saturated heterocycles. The van der Waals surface area contributed by atoms with Gasteiger partial charge in [0.05, 0.1) is 10.5 Å². The summed E-state index contributed by atoms with van der Waals surface area (Å²) in [4.78, 5) is 11.4. The summed E-state index contributed by atoms with van der Waals surface area (Å²) in [6.45, 7) is 7.42. The van der Waals surface area contributed by atoms with Crippen molar-refractivity contribution in [1.82, 2.24) is 4.72 Å². The molecule has 0 heterocycles. The van der Waals surface area contributed by atoms with Gasteiger partial charge in [0.25, 0.3) is 0 Å². The van der Waals surface area contributed by atoms with E-state index in [2.05, 4.69) is 4.72 Å². The van der Waals surface area contributed by atoms with Crippen LogP contribution in [0.4, 0.5) is 0 Å². The van der Waals surface area contributed by atoms with Gasteiger partial charge in [-0.1, -0.05) is 26.0 Å². The van der Waals surface area contributed by atoms with Crippen LogP contribution in [0.5, 0.6) is 0 Å². The fourth-order valence-corrected chi connectivity index (χ4v) is 4.19. The Kier molecular flexibility index (Phi) is 4.23. The van der Waals surface area contributed by atoms with Crippen LogP contribution in [0.1, 0.15) is 44.5 Å². The molecular formula is C16H23NO4S. The van der Waals surface area contributed by atoms with Gasteiger partial charge in [0.1, 0.15) is 0 Å². The van der Waals surface area contributed by atoms with Crippen molar-refractivity contribution in [2.45, 2.75) is 50.7 Å². The molecule has 2 rings (SSSR count). The van der Waals surface area contributed by atoms with Crippen molar-refractivity contribution < 1.29 is 17.9 Å². The summed E-state index contributed by atoms with van der Waals surface area (Å²) in [5.41, 5.74) is -0.137. The summed E-state index contributed by atoms with van der Waals surface area (Å²) >= 11 is 0. The van der Waals surface area contributed by atoms with Gasteiger partial charge in [0.2, 0.25) is 10.0 Å². The molecule has 5 nitrogen and oxygen atoms in total. The lowest BCUT2D eigenvalue weighted by molar-refractivity contribution is -0.175. The van der Waals surface area contributed by atoms with Crippen molar-refractivity contribution in [3.8, 4) is 0 Å². The minimum atomic E-state index is -3.61. The van der Waals surface area contributed by atoms with E-state index in [-0.39, 0.29) is 27.7 Å². The molecular weight excluding hydrogens is 302 g/mol. The van der Waals surface area contributed by atoms with Gasteiger partial charge >= 0.3 is 0 Å². The van der Waals surface area contributed by atoms with Crippen molar-refractivity contribution in [3.63, 3.8) is 0 Å². The molecule has 1 aliphatic rings. The molecule has 1 aromatic rings. The number of hydrogen-bond acceptors (Lipinski definition) is 4. The average Bonchev–Trinajstić information content (AvgIpc) is 2.46. The van der Waals surface area contributed by atoms with Gasteiger partial charge in [-0.05, 0) is 32.4 Å². The van der Waals surface area contributed by atoms with Crippen LogP contribution in [0.15, 0.2) is 29.2 Å². The first-order valence-electron chi connectivity index (χ1n) is 7.22. The Bertz CT molecular complexity index is 679. The largest absolute Gasteiger partial charge is 0.378 e. The molecule has 0 aliphatic heterocycles. The molecule has 1 fully saturated rings. The first-order chi connectivity index (χ1) is 10.0. The summed E-state index contributed by atoms with van der Waals surface area (Å²) < 4.78 is 33.2. The van der Waals surface area contributed by atoms with E-state index in [4.69, 9.17) is 4.74 Å². The van der Waals surface area contributed by atoms with Crippen molar-refractivity contribution in [1.29, 1.82) is 0 Å². The molecule has 0 spiro atoms. The third-order valence-electron chi connectivity index (χ3n) is 5.15. The third kappa shape index (κ3) is 2.71. The molecule has 0 bridgehead atoms. The summed E-state index contributed by atoms with van der Waals surface area (Å²) in [5.74, 6) is -0.0899. The number of rotatable bonds is 5. The van der Waals surface area contributed by atoms with Crippen LogP contribution in [-0.2, 0) is 14.8 Å². The smallest absolute Gasteiger partial charge is 0.240 e. The van der Waals surface area contributed by atoms with Crippen molar-refractivity contribution in [3.05, 3.63) is 29.8 Å². The Balaban J connectivity index is 2.18. The predicted molar refractivity (Wildman–Crippen MR) is 84.4 cm³/mol. The van der Waals surface area contributed by atoms with Crippen LogP contribution in [-0.4, -0.2) is 33.0 Å². The molecule has 2 unspecified atom stereocenters. The number of nitrogens with one attached hydrogen (secondary N) is 1. The number of hydrogen-bond donors (Lipinski definition) is 1. The zero-order chi connectivity index (χ0) is 16.8. The molecule has 1 aliphatic carbocycles. The van der Waals surface area contributed by atoms with E-state index in [0.717, 1.165) is 0 Å². The summed E-state index contributed by atoms with van der Waals surface area (Å²) in [6.07, 6.45) is 0.626. The Morgan fingerprint density at radius 3 is 2.18 bits per heavy atom. The highest BCUT2D eigenvalue weighted by Gasteiger charge is 2.58. The third-order valence-corrected chi connectivity index (χ3v) is 6.63. The van der Waals surface area contributed by atoms with Gasteiger partial charge in [-0.15, -0.1) is 0 Å². The van der Waals surface area contributed by atoms with Crippen LogP contribution in [0.3, 0.4) is 0 Å². The maximum Gasteiger partial charge on any atom is 0.240 e. The fraction of sp³-hybridized carbons (Fsp3) is 0.562. The highest BCUT2D eigenvalue weighted by molar-refractivity contribution is 7.89. The maximum atomic E-state index is 12.5. The van der Waals surface area contributed by atoms with E-state index < -0.39 is 10.0 Å². The minimum Gasteiger partial charge on any atom is -0.378 e. The number of carbonyl (C=O) groups is 1. The maximum absolute atomic E-state index is 12.5. The van der Waals surface area contributed by atoms with E-state index in [0.29, 0.717) is 12.0 Å². The van der Waals surface area contributed by atoms with E-state index in [1.165, 1.54) is 31.2 Å². The van der Waals surface area contributed by atoms with E-state index >= 15 is 0 Å². The molecule has 1 aromatic carbocycles. The van der Waals surface area contributed by atoms with Crippen molar-refractivity contribution >= 4 is 15.8 Å². The number of ether oxygens (including phenoxy) is 1. The van der Waals surface area contributed by atoms with Gasteiger partial charge in [-0.2, -0.15) is 0 Å². The minimum absolute atomic E-state index is 0.0899. The number of sulfonamides is 1. The highest BCUT2D eigenvalue weighted by Crippen LogP contribution is 2.51. The number of methoxy groups -OCH3 is 1. The standard InChI is InChI=1S/C16H23NO4S/c1-11(18)12-6-8-13(9-7-12)22(19,20)17-14-10-16(4,21-5)15(14,2)3/h6-9,14,17H,10H2,1-5H3. The van der Waals surface area contributed by atoms with Crippen LogP contribution < -0.4 is 4.72 Å². The van der Waals surface area contributed by atoms with E-state index in [9.17, 15) is 13.2 Å². The second kappa shape index (κ2) is 5.44. The predicted octanol–water partition coefficient (Wildman–Crippen LogP) is 2.37. The Hall–Kier alpha value is -1.24. The monoisotopic (exact) mass is 325 g/mol. The van der Waals surface area contributed by atoms with E-state index in [1.54, 1.807) is 7.11 Å². The Labute approximate surface area is 132 Å². The van der Waals surface area contributed by atoms with Crippen LogP contribution in [0.25, 0.3) is 0 Å². The number of Topliss-reactive ketones (excluding diaryl/α,β-unsaturated/α-hetero) is 1. The number of benzene rings is 1. The van der Waals surface area contributed by atoms with Gasteiger partial charge < -0.3 is 4.74 Å². The Morgan fingerprint density at radius 1 is 1.23 bits per heavy atom. The SMILES string of the molecule is COC1(C)CC(NS(=O)(=O)c2ccc(C(C)=O)cc2)C1(C)C. The number of carbonyl (C=O) groups excluding carboxylic acids is 1. The van der Waals surface area contributed by atoms with Gasteiger partial charge in [0, 0.05) is 24.1 Å². The second-order valence-corrected chi connectivity index (χ2v) is 8.33. The lowest BCUT2D eigenvalue weighted by atomic mass is 9.56. The van der Waals surface area contributed by atoms with Crippen LogP contribution in [0, 0.1) is 5.41 Å². The molecule has 0 amide bonds. The molecule has 1 saturated carbocycles. The second-order valence-electron chi connectivity index (χ2n) is 6.62. The number of ketones is 1. The summed E-state index contributed by atoms with van der Waals surface area (Å²) in [6, 6.07) is 5.79. The van der Waals surface area contributed by atoms with Crippen molar-refractivity contribution in [2.75, 3.05) is 7.11 Å². The summed E-state index contributed by atoms with van der Waals surface area (Å²) in [7, 11) is -1.96. The molecule has 0 aromatic heterocycles. The van der Waals surface area contributed by atoms with Gasteiger partial charge in [-0.25, -0.2) is 13.1 Å². The zero-order valence-electron chi connectivity index (χ0n) is 13.6. The lowest BCUT2D eigenvalue weighted by Gasteiger charge is -2.58. The fourth-order valence-electron chi connectivity index (χ4n) is 2.80. The Morgan fingerprint density at radius 2 is 1.77 bits per heavy atom. The molecule has 6 heteroatoms. The lowest BCUT2D eigenvalue weighted by Crippen LogP contribution is -2.68. The molecule has 22 heavy (non-hydrogen) atoms. The van der Waals surface area contributed by atoms with Gasteiger partial charge in [0.15, 0.2) is 5.78 Å². The van der Waals surface area contributed by atoms with Crippen LogP contribution >= 0.6 is 0 Å². The van der Waals surface area contributed by atoms with E-state index in [1.807, 2.05) is 20.8 Å². The van der Waals surface area contributed by atoms with Crippen molar-refractivity contribution in [2.24, 2.45) is 5.41 Å². The highest BCUT2D eigenvalue weighted by atomic mass is 32.2. The normalized spacial score (nSPS) is 27.2.